The summed E-state index contributed by atoms with van der Waals surface area (Å²) < 4.78 is 1.26. The number of hydrogen-bond donors (Lipinski definition) is 1. The molecule has 1 aromatic carbocycles. The molecule has 1 saturated carbocycles. The van der Waals surface area contributed by atoms with Gasteiger partial charge in [-0.2, -0.15) is 0 Å². The number of rotatable bonds is 5. The van der Waals surface area contributed by atoms with Crippen molar-refractivity contribution < 1.29 is 4.79 Å². The third-order valence-electron chi connectivity index (χ3n) is 5.73. The Kier molecular flexibility index (Phi) is 5.52. The van der Waals surface area contributed by atoms with Crippen LogP contribution in [0.1, 0.15) is 37.6 Å². The van der Waals surface area contributed by atoms with Gasteiger partial charge in [-0.1, -0.05) is 25.0 Å². The molecule has 1 aliphatic heterocycles. The summed E-state index contributed by atoms with van der Waals surface area (Å²) in [5, 5.41) is 4.43. The van der Waals surface area contributed by atoms with Crippen LogP contribution in [0.5, 0.6) is 0 Å². The summed E-state index contributed by atoms with van der Waals surface area (Å²) in [6.07, 6.45) is 4.80. The average molecular weight is 373 g/mol. The first-order chi connectivity index (χ1) is 12.7. The number of nitrogens with zero attached hydrogens (tertiary/aromatic N) is 3. The second-order valence-corrected chi connectivity index (χ2v) is 8.67. The minimum atomic E-state index is -0.0276. The predicted octanol–water partition coefficient (Wildman–Crippen LogP) is 2.86. The zero-order chi connectivity index (χ0) is 17.9. The van der Waals surface area contributed by atoms with Crippen molar-refractivity contribution in [3.63, 3.8) is 0 Å². The number of nitrogens with one attached hydrogen (secondary N) is 1. The Labute approximate surface area is 159 Å². The Balaban J connectivity index is 1.27. The fourth-order valence-electron chi connectivity index (χ4n) is 4.05. The number of para-hydroxylation sites is 1. The number of piperazine rings is 1. The highest BCUT2D eigenvalue weighted by atomic mass is 32.1. The van der Waals surface area contributed by atoms with Crippen LogP contribution in [0.3, 0.4) is 0 Å². The molecule has 1 N–H and O–H groups in total. The summed E-state index contributed by atoms with van der Waals surface area (Å²) in [4.78, 5) is 22.0. The molecule has 2 heterocycles. The molecule has 4 rings (SSSR count). The van der Waals surface area contributed by atoms with E-state index >= 15 is 0 Å². The molecule has 0 bridgehead atoms. The van der Waals surface area contributed by atoms with Crippen molar-refractivity contribution in [2.45, 2.75) is 51.2 Å². The minimum absolute atomic E-state index is 0.0276. The molecule has 0 unspecified atom stereocenters. The summed E-state index contributed by atoms with van der Waals surface area (Å²) in [6.45, 7) is 6.85. The Hall–Kier alpha value is -1.50. The van der Waals surface area contributed by atoms with Crippen LogP contribution in [-0.4, -0.2) is 59.0 Å². The first kappa shape index (κ1) is 17.9. The van der Waals surface area contributed by atoms with Crippen molar-refractivity contribution in [3.05, 3.63) is 29.3 Å². The topological polar surface area (TPSA) is 48.5 Å². The number of thiazole rings is 1. The molecular formula is C20H28N4OS. The summed E-state index contributed by atoms with van der Waals surface area (Å²) in [5.74, 6) is 0.205. The van der Waals surface area contributed by atoms with Gasteiger partial charge < -0.3 is 5.32 Å². The van der Waals surface area contributed by atoms with Crippen molar-refractivity contribution in [1.29, 1.82) is 0 Å². The lowest BCUT2D eigenvalue weighted by atomic mass is 10.2. The Morgan fingerprint density at radius 3 is 2.69 bits per heavy atom. The second kappa shape index (κ2) is 8.03. The molecule has 1 aromatic heterocycles. The molecule has 1 atom stereocenters. The maximum Gasteiger partial charge on any atom is 0.237 e. The van der Waals surface area contributed by atoms with Crippen LogP contribution in [0.15, 0.2) is 24.3 Å². The van der Waals surface area contributed by atoms with Crippen LogP contribution in [0, 0.1) is 0 Å². The molecule has 1 amide bonds. The van der Waals surface area contributed by atoms with Gasteiger partial charge in [0.25, 0.3) is 0 Å². The SMILES string of the molecule is C[C@H](C(=O)NC1CCCC1)N1CCN(Cc2nc3ccccc3s2)CC1. The number of hydrogen-bond acceptors (Lipinski definition) is 5. The van der Waals surface area contributed by atoms with E-state index in [1.165, 1.54) is 22.5 Å². The Morgan fingerprint density at radius 1 is 1.23 bits per heavy atom. The van der Waals surface area contributed by atoms with Crippen molar-refractivity contribution >= 4 is 27.5 Å². The van der Waals surface area contributed by atoms with E-state index in [1.807, 2.05) is 13.0 Å². The standard InChI is InChI=1S/C20H28N4OS/c1-15(20(25)21-16-6-2-3-7-16)24-12-10-23(11-13-24)14-19-22-17-8-4-5-9-18(17)26-19/h4-5,8-9,15-16H,2-3,6-7,10-14H2,1H3,(H,21,25)/t15-/m1/s1. The fraction of sp³-hybridized carbons (Fsp3) is 0.600. The summed E-state index contributed by atoms with van der Waals surface area (Å²) in [5.41, 5.74) is 1.10. The minimum Gasteiger partial charge on any atom is -0.352 e. The largest absolute Gasteiger partial charge is 0.352 e. The quantitative estimate of drug-likeness (QED) is 0.877. The van der Waals surface area contributed by atoms with Gasteiger partial charge in [0.15, 0.2) is 0 Å². The van der Waals surface area contributed by atoms with E-state index in [9.17, 15) is 4.79 Å². The highest BCUT2D eigenvalue weighted by molar-refractivity contribution is 7.18. The number of carbonyl (C=O) groups is 1. The molecule has 2 aliphatic rings. The number of aromatic nitrogens is 1. The molecule has 2 fully saturated rings. The molecule has 2 aromatic rings. The highest BCUT2D eigenvalue weighted by Gasteiger charge is 2.27. The Bertz CT molecular complexity index is 714. The van der Waals surface area contributed by atoms with Crippen molar-refractivity contribution in [2.24, 2.45) is 0 Å². The third kappa shape index (κ3) is 4.08. The lowest BCUT2D eigenvalue weighted by Crippen LogP contribution is -2.54. The molecular weight excluding hydrogens is 344 g/mol. The lowest BCUT2D eigenvalue weighted by Gasteiger charge is -2.37. The summed E-state index contributed by atoms with van der Waals surface area (Å²) >= 11 is 1.79. The summed E-state index contributed by atoms with van der Waals surface area (Å²) in [6, 6.07) is 8.71. The molecule has 1 aliphatic carbocycles. The molecule has 1 saturated heterocycles. The normalized spacial score (nSPS) is 21.3. The fourth-order valence-corrected chi connectivity index (χ4v) is 5.06. The van der Waals surface area contributed by atoms with Gasteiger partial charge in [-0.25, -0.2) is 4.98 Å². The van der Waals surface area contributed by atoms with Crippen molar-refractivity contribution in [2.75, 3.05) is 26.2 Å². The van der Waals surface area contributed by atoms with Gasteiger partial charge >= 0.3 is 0 Å². The number of amides is 1. The van der Waals surface area contributed by atoms with Gasteiger partial charge in [-0.05, 0) is 31.9 Å². The maximum atomic E-state index is 12.5. The first-order valence-corrected chi connectivity index (χ1v) is 10.6. The predicted molar refractivity (Wildman–Crippen MR) is 106 cm³/mol. The van der Waals surface area contributed by atoms with E-state index in [1.54, 1.807) is 11.3 Å². The van der Waals surface area contributed by atoms with Crippen LogP contribution in [-0.2, 0) is 11.3 Å². The van der Waals surface area contributed by atoms with Crippen LogP contribution >= 0.6 is 11.3 Å². The van der Waals surface area contributed by atoms with Crippen molar-refractivity contribution in [3.8, 4) is 0 Å². The highest BCUT2D eigenvalue weighted by Crippen LogP contribution is 2.23. The van der Waals surface area contributed by atoms with Crippen LogP contribution in [0.25, 0.3) is 10.2 Å². The molecule has 26 heavy (non-hydrogen) atoms. The van der Waals surface area contributed by atoms with E-state index in [2.05, 4.69) is 33.3 Å². The van der Waals surface area contributed by atoms with E-state index in [0.29, 0.717) is 6.04 Å². The Morgan fingerprint density at radius 2 is 1.96 bits per heavy atom. The van der Waals surface area contributed by atoms with Gasteiger partial charge in [0.2, 0.25) is 5.91 Å². The van der Waals surface area contributed by atoms with E-state index in [4.69, 9.17) is 4.98 Å². The number of fused-ring (bicyclic) bond motifs is 1. The van der Waals surface area contributed by atoms with Gasteiger partial charge in [0, 0.05) is 32.2 Å². The number of benzene rings is 1. The molecule has 5 nitrogen and oxygen atoms in total. The lowest BCUT2D eigenvalue weighted by molar-refractivity contribution is -0.127. The molecule has 0 radical (unpaired) electrons. The monoisotopic (exact) mass is 372 g/mol. The van der Waals surface area contributed by atoms with Gasteiger partial charge in [0.05, 0.1) is 22.8 Å². The third-order valence-corrected chi connectivity index (χ3v) is 6.75. The maximum absolute atomic E-state index is 12.5. The zero-order valence-corrected chi connectivity index (χ0v) is 16.3. The van der Waals surface area contributed by atoms with Gasteiger partial charge in [-0.3, -0.25) is 14.6 Å². The number of carbonyl (C=O) groups excluding carboxylic acids is 1. The molecule has 0 spiro atoms. The molecule has 140 valence electrons. The van der Waals surface area contributed by atoms with Crippen molar-refractivity contribution in [1.82, 2.24) is 20.1 Å². The smallest absolute Gasteiger partial charge is 0.237 e. The average Bonchev–Trinajstić information content (AvgIpc) is 3.30. The first-order valence-electron chi connectivity index (χ1n) is 9.80. The van der Waals surface area contributed by atoms with E-state index < -0.39 is 0 Å². The molecule has 6 heteroatoms. The second-order valence-electron chi connectivity index (χ2n) is 7.55. The van der Waals surface area contributed by atoms with E-state index in [-0.39, 0.29) is 11.9 Å². The van der Waals surface area contributed by atoms with Crippen LogP contribution < -0.4 is 5.32 Å². The van der Waals surface area contributed by atoms with Crippen LogP contribution in [0.4, 0.5) is 0 Å². The van der Waals surface area contributed by atoms with Gasteiger partial charge in [0.1, 0.15) is 5.01 Å². The summed E-state index contributed by atoms with van der Waals surface area (Å²) in [7, 11) is 0. The van der Waals surface area contributed by atoms with E-state index in [0.717, 1.165) is 51.1 Å². The van der Waals surface area contributed by atoms with Crippen LogP contribution in [0.2, 0.25) is 0 Å². The van der Waals surface area contributed by atoms with Gasteiger partial charge in [-0.15, -0.1) is 11.3 Å². The zero-order valence-electron chi connectivity index (χ0n) is 15.5.